The van der Waals surface area contributed by atoms with E-state index in [9.17, 15) is 44.7 Å². The molecule has 0 aromatic heterocycles. The van der Waals surface area contributed by atoms with E-state index in [0.29, 0.717) is 11.1 Å². The van der Waals surface area contributed by atoms with Gasteiger partial charge in [0.2, 0.25) is 0 Å². The molecule has 0 saturated heterocycles. The Labute approximate surface area is 375 Å². The Bertz CT molecular complexity index is 2280. The van der Waals surface area contributed by atoms with Crippen LogP contribution < -0.4 is 9.47 Å². The first kappa shape index (κ1) is 48.7. The van der Waals surface area contributed by atoms with Crippen LogP contribution >= 0.6 is 0 Å². The molecular formula is C50H44F8N2O6. The van der Waals surface area contributed by atoms with Gasteiger partial charge in [-0.3, -0.25) is 9.80 Å². The van der Waals surface area contributed by atoms with Gasteiger partial charge in [-0.25, -0.2) is 18.4 Å². The Hall–Kier alpha value is -6.78. The number of carbonyl (C=O) groups is 2. The second kappa shape index (κ2) is 21.9. The number of benzene rings is 6. The normalized spacial score (nSPS) is 13.7. The van der Waals surface area contributed by atoms with E-state index >= 15 is 0 Å². The summed E-state index contributed by atoms with van der Waals surface area (Å²) in [5.41, 5.74) is 0.486. The minimum absolute atomic E-state index is 0.0195. The van der Waals surface area contributed by atoms with Crippen LogP contribution in [0.25, 0.3) is 0 Å². The summed E-state index contributed by atoms with van der Waals surface area (Å²) in [6.45, 7) is 0.348. The van der Waals surface area contributed by atoms with E-state index < -0.39 is 71.7 Å². The highest BCUT2D eigenvalue weighted by Gasteiger charge is 2.35. The Balaban J connectivity index is 1.29. The predicted octanol–water partition coefficient (Wildman–Crippen LogP) is 11.7. The first-order chi connectivity index (χ1) is 31.4. The van der Waals surface area contributed by atoms with Crippen molar-refractivity contribution in [3.05, 3.63) is 203 Å². The van der Waals surface area contributed by atoms with Crippen LogP contribution in [-0.2, 0) is 44.5 Å². The van der Waals surface area contributed by atoms with Crippen molar-refractivity contribution >= 4 is 11.9 Å². The molecule has 0 bridgehead atoms. The molecule has 0 aliphatic rings. The van der Waals surface area contributed by atoms with Crippen molar-refractivity contribution < 1.29 is 63.7 Å². The molecule has 6 aromatic rings. The number of nitrogens with zero attached hydrogens (tertiary/aromatic N) is 2. The van der Waals surface area contributed by atoms with Crippen LogP contribution in [0.3, 0.4) is 0 Å². The number of alkyl halides is 6. The Kier molecular flexibility index (Phi) is 16.2. The van der Waals surface area contributed by atoms with Crippen molar-refractivity contribution in [3.8, 4) is 11.5 Å². The van der Waals surface area contributed by atoms with Crippen LogP contribution in [0.2, 0.25) is 0 Å². The fourth-order valence-electron chi connectivity index (χ4n) is 6.92. The number of ether oxygens (including phenoxy) is 4. The first-order valence-electron chi connectivity index (χ1n) is 20.5. The maximum Gasteiger partial charge on any atom is 0.419 e. The van der Waals surface area contributed by atoms with E-state index in [1.54, 1.807) is 60.3 Å². The molecule has 0 heterocycles. The molecule has 0 radical (unpaired) electrons. The second-order valence-corrected chi connectivity index (χ2v) is 15.4. The third-order valence-corrected chi connectivity index (χ3v) is 10.4. The molecule has 346 valence electrons. The van der Waals surface area contributed by atoms with Gasteiger partial charge >= 0.3 is 24.3 Å². The summed E-state index contributed by atoms with van der Waals surface area (Å²) in [5, 5.41) is 0. The number of carbonyl (C=O) groups excluding carboxylic acids is 2. The fraction of sp³-hybridized carbons (Fsp3) is 0.240. The molecule has 0 amide bonds. The van der Waals surface area contributed by atoms with Gasteiger partial charge in [0.05, 0.1) is 11.1 Å². The lowest BCUT2D eigenvalue weighted by molar-refractivity contribution is -0.187. The maximum absolute atomic E-state index is 14.1. The topological polar surface area (TPSA) is 77.5 Å². The summed E-state index contributed by atoms with van der Waals surface area (Å²) in [4.78, 5) is 31.2. The average Bonchev–Trinajstić information content (AvgIpc) is 3.29. The van der Waals surface area contributed by atoms with Crippen LogP contribution in [0.5, 0.6) is 11.5 Å². The molecule has 8 nitrogen and oxygen atoms in total. The van der Waals surface area contributed by atoms with Crippen LogP contribution in [-0.4, -0.2) is 48.3 Å². The van der Waals surface area contributed by atoms with Gasteiger partial charge < -0.3 is 18.9 Å². The minimum atomic E-state index is -4.61. The van der Waals surface area contributed by atoms with E-state index in [2.05, 4.69) is 0 Å². The second-order valence-electron chi connectivity index (χ2n) is 15.4. The molecule has 6 rings (SSSR count). The number of rotatable bonds is 18. The van der Waals surface area contributed by atoms with Crippen LogP contribution in [0, 0.1) is 11.6 Å². The molecule has 0 aliphatic heterocycles. The number of hydrogen-bond donors (Lipinski definition) is 0. The van der Waals surface area contributed by atoms with Crippen molar-refractivity contribution in [2.24, 2.45) is 0 Å². The zero-order valence-corrected chi connectivity index (χ0v) is 35.5. The van der Waals surface area contributed by atoms with Crippen LogP contribution in [0.15, 0.2) is 158 Å². The summed E-state index contributed by atoms with van der Waals surface area (Å²) in [5.74, 6) is -3.98. The summed E-state index contributed by atoms with van der Waals surface area (Å²) in [6, 6.07) is 36.2. The Morgan fingerprint density at radius 1 is 0.470 bits per heavy atom. The molecule has 16 heteroatoms. The largest absolute Gasteiger partial charge is 0.486 e. The quantitative estimate of drug-likeness (QED) is 0.0365. The van der Waals surface area contributed by atoms with E-state index in [4.69, 9.17) is 18.9 Å². The van der Waals surface area contributed by atoms with Crippen molar-refractivity contribution in [1.29, 1.82) is 0 Å². The first-order valence-corrected chi connectivity index (χ1v) is 20.5. The van der Waals surface area contributed by atoms with Crippen molar-refractivity contribution in [3.63, 3.8) is 0 Å². The lowest BCUT2D eigenvalue weighted by Gasteiger charge is -2.32. The number of esters is 2. The average molecular weight is 921 g/mol. The molecule has 2 unspecified atom stereocenters. The highest BCUT2D eigenvalue weighted by atomic mass is 19.4. The lowest BCUT2D eigenvalue weighted by Crippen LogP contribution is -2.42. The van der Waals surface area contributed by atoms with Gasteiger partial charge in [0.15, 0.2) is 12.5 Å². The number of halogens is 8. The van der Waals surface area contributed by atoms with E-state index in [1.807, 2.05) is 24.3 Å². The standard InChI is InChI=1S/C50H44F8N2O6/c1-59(31-33-9-5-3-6-10-33)45(29-43(35-13-21-39(51)22-14-35)63-41-25-17-37(18-26-41)49(53,54)55)65-47(61)48(62)66-46(60(2)32-34-11-7-4-8-12-34)30-44(36-15-23-40(52)24-16-36)64-42-27-19-38(20-28-42)50(56,57)58/h3-28,43-46H,29-32H2,1-2H3/t43-,44-,45?,46?/m0/s1. The van der Waals surface area contributed by atoms with Crippen LogP contribution in [0.4, 0.5) is 35.1 Å². The van der Waals surface area contributed by atoms with Gasteiger partial charge in [0.25, 0.3) is 0 Å². The van der Waals surface area contributed by atoms with Gasteiger partial charge in [0, 0.05) is 25.9 Å². The molecule has 4 atom stereocenters. The van der Waals surface area contributed by atoms with E-state index in [1.165, 1.54) is 24.3 Å². The third-order valence-electron chi connectivity index (χ3n) is 10.4. The van der Waals surface area contributed by atoms with E-state index in [0.717, 1.165) is 83.9 Å². The highest BCUT2D eigenvalue weighted by molar-refractivity contribution is 6.29. The van der Waals surface area contributed by atoms with Crippen molar-refractivity contribution in [2.75, 3.05) is 14.1 Å². The zero-order chi connectivity index (χ0) is 47.4. The fourth-order valence-corrected chi connectivity index (χ4v) is 6.92. The Morgan fingerprint density at radius 3 is 1.09 bits per heavy atom. The van der Waals surface area contributed by atoms with Crippen LogP contribution in [0.1, 0.15) is 58.4 Å². The molecule has 0 saturated carbocycles. The molecule has 66 heavy (non-hydrogen) atoms. The molecular weight excluding hydrogens is 877 g/mol. The van der Waals surface area contributed by atoms with Crippen molar-refractivity contribution in [1.82, 2.24) is 9.80 Å². The van der Waals surface area contributed by atoms with Gasteiger partial charge in [-0.2, -0.15) is 26.3 Å². The highest BCUT2D eigenvalue weighted by Crippen LogP contribution is 2.35. The van der Waals surface area contributed by atoms with Crippen molar-refractivity contribution in [2.45, 2.75) is 62.9 Å². The van der Waals surface area contributed by atoms with Gasteiger partial charge in [-0.1, -0.05) is 84.9 Å². The summed E-state index contributed by atoms with van der Waals surface area (Å²) >= 11 is 0. The molecule has 0 fully saturated rings. The molecule has 0 N–H and O–H groups in total. The molecule has 6 aromatic carbocycles. The number of hydrogen-bond acceptors (Lipinski definition) is 8. The van der Waals surface area contributed by atoms with Gasteiger partial charge in [-0.05, 0) is 109 Å². The summed E-state index contributed by atoms with van der Waals surface area (Å²) in [7, 11) is 3.22. The predicted molar refractivity (Wildman–Crippen MR) is 227 cm³/mol. The minimum Gasteiger partial charge on any atom is -0.486 e. The zero-order valence-electron chi connectivity index (χ0n) is 35.5. The molecule has 0 spiro atoms. The third kappa shape index (κ3) is 14.1. The maximum atomic E-state index is 14.1. The summed E-state index contributed by atoms with van der Waals surface area (Å²) < 4.78 is 133. The SMILES string of the molecule is CN(Cc1ccccc1)C(C[C@H](Oc1ccc(C(F)(F)F)cc1)c1ccc(F)cc1)OC(=O)C(=O)OC(C[C@H](Oc1ccc(C(F)(F)F)cc1)c1ccc(F)cc1)N(C)Cc1ccccc1. The monoisotopic (exact) mass is 920 g/mol. The molecule has 0 aliphatic carbocycles. The van der Waals surface area contributed by atoms with E-state index in [-0.39, 0.29) is 37.4 Å². The smallest absolute Gasteiger partial charge is 0.419 e. The lowest BCUT2D eigenvalue weighted by atomic mass is 10.0. The summed E-state index contributed by atoms with van der Waals surface area (Å²) in [6.07, 6.45) is -14.4. The Morgan fingerprint density at radius 2 is 0.788 bits per heavy atom. The van der Waals surface area contributed by atoms with Gasteiger partial charge in [-0.15, -0.1) is 0 Å². The van der Waals surface area contributed by atoms with Gasteiger partial charge in [0.1, 0.15) is 35.3 Å².